The number of aryl methyl sites for hydroxylation is 1. The lowest BCUT2D eigenvalue weighted by molar-refractivity contribution is -0.127. The largest absolute Gasteiger partial charge is 0.457 e. The van der Waals surface area contributed by atoms with Gasteiger partial charge in [-0.1, -0.05) is 38.6 Å². The number of pyridine rings is 1. The number of carbonyl (C=O) groups excluding carboxylic acids is 3. The number of urea groups is 1. The Hall–Kier alpha value is -4.70. The minimum Gasteiger partial charge on any atom is -0.457 e. The molecule has 1 atom stereocenters. The zero-order valence-electron chi connectivity index (χ0n) is 23.8. The average Bonchev–Trinajstić information content (AvgIpc) is 3.38. The number of ether oxygens (including phenoxy) is 1. The average molecular weight is 584 g/mol. The van der Waals surface area contributed by atoms with Gasteiger partial charge in [0.2, 0.25) is 5.91 Å². The van der Waals surface area contributed by atoms with Gasteiger partial charge < -0.3 is 20.3 Å². The van der Waals surface area contributed by atoms with Crippen molar-refractivity contribution in [2.75, 3.05) is 23.3 Å². The van der Waals surface area contributed by atoms with Crippen LogP contribution in [0.1, 0.15) is 41.9 Å². The van der Waals surface area contributed by atoms with Gasteiger partial charge in [0.1, 0.15) is 21.2 Å². The number of carbonyl (C=O) groups is 3. The van der Waals surface area contributed by atoms with Gasteiger partial charge in [-0.25, -0.2) is 9.78 Å². The van der Waals surface area contributed by atoms with Crippen molar-refractivity contribution >= 4 is 56.5 Å². The second-order valence-corrected chi connectivity index (χ2v) is 10.7. The van der Waals surface area contributed by atoms with Crippen LogP contribution in [0.3, 0.4) is 0 Å². The Bertz CT molecular complexity index is 1650. The van der Waals surface area contributed by atoms with Crippen molar-refractivity contribution in [1.82, 2.24) is 15.2 Å². The molecule has 2 aromatic carbocycles. The molecule has 0 spiro atoms. The first-order valence-electron chi connectivity index (χ1n) is 14.0. The zero-order chi connectivity index (χ0) is 29.8. The van der Waals surface area contributed by atoms with Crippen LogP contribution in [0, 0.1) is 6.92 Å². The van der Waals surface area contributed by atoms with Crippen molar-refractivity contribution in [2.24, 2.45) is 0 Å². The Morgan fingerprint density at radius 3 is 2.64 bits per heavy atom. The summed E-state index contributed by atoms with van der Waals surface area (Å²) in [6.07, 6.45) is 4.49. The molecule has 10 heteroatoms. The van der Waals surface area contributed by atoms with Crippen molar-refractivity contribution in [3.05, 3.63) is 83.9 Å². The van der Waals surface area contributed by atoms with Crippen LogP contribution in [0.15, 0.2) is 73.4 Å². The molecule has 4 amide bonds. The second-order valence-electron chi connectivity index (χ2n) is 9.75. The van der Waals surface area contributed by atoms with Crippen LogP contribution in [0.2, 0.25) is 0 Å². The van der Waals surface area contributed by atoms with E-state index < -0.39 is 0 Å². The van der Waals surface area contributed by atoms with E-state index in [1.807, 2.05) is 69.3 Å². The van der Waals surface area contributed by atoms with Crippen molar-refractivity contribution in [1.29, 1.82) is 0 Å². The Morgan fingerprint density at radius 1 is 1.12 bits per heavy atom. The second kappa shape index (κ2) is 12.4. The summed E-state index contributed by atoms with van der Waals surface area (Å²) in [7, 11) is 0. The minimum absolute atomic E-state index is 0.146. The molecular weight excluding hydrogens is 550 g/mol. The summed E-state index contributed by atoms with van der Waals surface area (Å²) in [6, 6.07) is 16.3. The summed E-state index contributed by atoms with van der Waals surface area (Å²) in [4.78, 5) is 47.8. The van der Waals surface area contributed by atoms with Gasteiger partial charge in [-0.05, 0) is 67.8 Å². The van der Waals surface area contributed by atoms with Crippen molar-refractivity contribution < 1.29 is 19.1 Å². The van der Waals surface area contributed by atoms with E-state index in [9.17, 15) is 14.4 Å². The molecule has 0 radical (unpaired) electrons. The third-order valence-electron chi connectivity index (χ3n) is 7.08. The van der Waals surface area contributed by atoms with E-state index in [0.717, 1.165) is 24.2 Å². The van der Waals surface area contributed by atoms with Crippen LogP contribution in [0.4, 0.5) is 21.9 Å². The van der Waals surface area contributed by atoms with Gasteiger partial charge >= 0.3 is 6.03 Å². The Kier molecular flexibility index (Phi) is 8.53. The highest BCUT2D eigenvalue weighted by Crippen LogP contribution is 2.46. The molecule has 6 rings (SSSR count). The maximum atomic E-state index is 13.5. The highest BCUT2D eigenvalue weighted by molar-refractivity contribution is 7.21. The van der Waals surface area contributed by atoms with Crippen LogP contribution >= 0.6 is 11.3 Å². The Balaban J connectivity index is 0.00000173. The van der Waals surface area contributed by atoms with Crippen LogP contribution in [-0.4, -0.2) is 46.9 Å². The van der Waals surface area contributed by atoms with Gasteiger partial charge in [-0.2, -0.15) is 0 Å². The lowest BCUT2D eigenvalue weighted by atomic mass is 10.1. The molecule has 0 aliphatic carbocycles. The summed E-state index contributed by atoms with van der Waals surface area (Å²) >= 11 is 1.24. The molecule has 2 N–H and O–H groups in total. The summed E-state index contributed by atoms with van der Waals surface area (Å²) in [5.74, 6) is 0.945. The van der Waals surface area contributed by atoms with Gasteiger partial charge in [0.25, 0.3) is 5.91 Å². The molecule has 0 bridgehead atoms. The topological polar surface area (TPSA) is 104 Å². The number of rotatable bonds is 6. The smallest absolute Gasteiger partial charge is 0.331 e. The molecule has 2 aliphatic rings. The molecule has 0 saturated carbocycles. The number of benzene rings is 2. The quantitative estimate of drug-likeness (QED) is 0.238. The molecule has 4 aromatic rings. The van der Waals surface area contributed by atoms with Crippen LogP contribution in [0.5, 0.6) is 11.5 Å². The number of para-hydroxylation sites is 1. The predicted octanol–water partition coefficient (Wildman–Crippen LogP) is 7.01. The molecule has 1 fully saturated rings. The van der Waals surface area contributed by atoms with Gasteiger partial charge in [0, 0.05) is 25.3 Å². The first-order valence-corrected chi connectivity index (χ1v) is 14.8. The highest BCUT2D eigenvalue weighted by Gasteiger charge is 2.34. The van der Waals surface area contributed by atoms with Crippen LogP contribution < -0.4 is 20.3 Å². The van der Waals surface area contributed by atoms with E-state index in [1.54, 1.807) is 22.1 Å². The summed E-state index contributed by atoms with van der Waals surface area (Å²) in [5, 5.41) is 6.71. The molecular formula is C32H33N5O4S. The van der Waals surface area contributed by atoms with Crippen molar-refractivity contribution in [2.45, 2.75) is 39.7 Å². The van der Waals surface area contributed by atoms with Crippen molar-refractivity contribution in [3.63, 3.8) is 0 Å². The molecule has 4 heterocycles. The Morgan fingerprint density at radius 2 is 1.90 bits per heavy atom. The SMILES string of the molecule is C=CC(=O)N1CCCC(NC(=O)c2sc3nccc4c3c2NC(=O)N4c2ccc(Oc3ccccc3)cc2C)C1.CC. The molecule has 2 aliphatic heterocycles. The molecule has 42 heavy (non-hydrogen) atoms. The van der Waals surface area contributed by atoms with E-state index in [-0.39, 0.29) is 23.9 Å². The minimum atomic E-state index is -0.368. The molecule has 1 saturated heterocycles. The first kappa shape index (κ1) is 28.8. The summed E-state index contributed by atoms with van der Waals surface area (Å²) < 4.78 is 5.96. The maximum absolute atomic E-state index is 13.5. The van der Waals surface area contributed by atoms with E-state index in [0.29, 0.717) is 51.0 Å². The zero-order valence-corrected chi connectivity index (χ0v) is 24.7. The van der Waals surface area contributed by atoms with E-state index in [4.69, 9.17) is 4.74 Å². The van der Waals surface area contributed by atoms with Gasteiger partial charge in [-0.3, -0.25) is 14.5 Å². The van der Waals surface area contributed by atoms with Crippen LogP contribution in [-0.2, 0) is 4.79 Å². The number of anilines is 3. The number of piperidine rings is 1. The third-order valence-corrected chi connectivity index (χ3v) is 8.18. The van der Waals surface area contributed by atoms with Crippen molar-refractivity contribution in [3.8, 4) is 11.5 Å². The monoisotopic (exact) mass is 583 g/mol. The standard InChI is InChI=1S/C30H27N5O4S.C2H6/c1-3-24(36)34-15-7-8-19(17-34)32-28(37)27-26-25-23(13-14-31-29(25)40-27)35(30(38)33-26)22-12-11-21(16-18(22)2)39-20-9-5-4-6-10-20;1-2/h3-6,9-14,16,19H,1,7-8,15,17H2,2H3,(H,32,37)(H,33,38);1-2H3. The number of nitrogens with one attached hydrogen (secondary N) is 2. The maximum Gasteiger partial charge on any atom is 0.331 e. The van der Waals surface area contributed by atoms with E-state index >= 15 is 0 Å². The number of aromatic nitrogens is 1. The predicted molar refractivity (Wildman–Crippen MR) is 167 cm³/mol. The lowest BCUT2D eigenvalue weighted by Gasteiger charge is -2.32. The van der Waals surface area contributed by atoms with E-state index in [2.05, 4.69) is 22.2 Å². The molecule has 9 nitrogen and oxygen atoms in total. The summed E-state index contributed by atoms with van der Waals surface area (Å²) in [6.45, 7) is 10.5. The van der Waals surface area contributed by atoms with Gasteiger partial charge in [-0.15, -0.1) is 11.3 Å². The van der Waals surface area contributed by atoms with Crippen LogP contribution in [0.25, 0.3) is 10.2 Å². The fourth-order valence-corrected chi connectivity index (χ4v) is 6.25. The highest BCUT2D eigenvalue weighted by atomic mass is 32.1. The number of hydrogen-bond acceptors (Lipinski definition) is 6. The van der Waals surface area contributed by atoms with E-state index in [1.165, 1.54) is 17.4 Å². The fraction of sp³-hybridized carbons (Fsp3) is 0.250. The number of likely N-dealkylation sites (tertiary alicyclic amines) is 1. The number of hydrogen-bond donors (Lipinski definition) is 2. The number of nitrogens with zero attached hydrogens (tertiary/aromatic N) is 3. The van der Waals surface area contributed by atoms with Gasteiger partial charge in [0.05, 0.1) is 22.4 Å². The molecule has 216 valence electrons. The lowest BCUT2D eigenvalue weighted by Crippen LogP contribution is -2.49. The van der Waals surface area contributed by atoms with Gasteiger partial charge in [0.15, 0.2) is 0 Å². The number of amides is 4. The first-order chi connectivity index (χ1) is 20.4. The number of thiophene rings is 1. The third kappa shape index (κ3) is 5.58. The molecule has 1 unspecified atom stereocenters. The normalized spacial score (nSPS) is 15.8. The molecule has 2 aromatic heterocycles. The fourth-order valence-electron chi connectivity index (χ4n) is 5.23. The summed E-state index contributed by atoms with van der Waals surface area (Å²) in [5.41, 5.74) is 2.65. The Labute approximate surface area is 248 Å².